The Kier molecular flexibility index (Phi) is 5.76. The van der Waals surface area contributed by atoms with E-state index in [1.807, 2.05) is 0 Å². The molecule has 0 amide bonds. The van der Waals surface area contributed by atoms with Crippen LogP contribution in [0.15, 0.2) is 28.9 Å². The first kappa shape index (κ1) is 16.0. The highest BCUT2D eigenvalue weighted by Crippen LogP contribution is 2.22. The largest absolute Gasteiger partial charge is 0.365 e. The number of hydrogen-bond donors (Lipinski definition) is 2. The summed E-state index contributed by atoms with van der Waals surface area (Å²) in [5.74, 6) is 0.818. The summed E-state index contributed by atoms with van der Waals surface area (Å²) in [5, 5.41) is 6.41. The van der Waals surface area contributed by atoms with Crippen LogP contribution >= 0.6 is 27.5 Å². The molecule has 0 radical (unpaired) electrons. The minimum Gasteiger partial charge on any atom is -0.365 e. The molecule has 21 heavy (non-hydrogen) atoms. The van der Waals surface area contributed by atoms with E-state index in [2.05, 4.69) is 43.5 Å². The van der Waals surface area contributed by atoms with E-state index in [1.165, 1.54) is 6.07 Å². The van der Waals surface area contributed by atoms with E-state index < -0.39 is 5.82 Å². The molecule has 112 valence electrons. The molecule has 7 heteroatoms. The lowest BCUT2D eigenvalue weighted by molar-refractivity contribution is 0.627. The lowest BCUT2D eigenvalue weighted by Gasteiger charge is -2.10. The van der Waals surface area contributed by atoms with Crippen molar-refractivity contribution in [2.24, 2.45) is 0 Å². The summed E-state index contributed by atoms with van der Waals surface area (Å²) in [6, 6.07) is 4.62. The zero-order valence-electron chi connectivity index (χ0n) is 11.5. The van der Waals surface area contributed by atoms with Gasteiger partial charge in [0.25, 0.3) is 0 Å². The van der Waals surface area contributed by atoms with Crippen LogP contribution in [0.4, 0.5) is 16.2 Å². The van der Waals surface area contributed by atoms with Gasteiger partial charge in [-0.15, -0.1) is 0 Å². The molecule has 0 spiro atoms. The molecule has 2 N–H and O–H groups in total. The van der Waals surface area contributed by atoms with Crippen LogP contribution < -0.4 is 10.6 Å². The molecule has 2 aromatic rings. The van der Waals surface area contributed by atoms with E-state index in [9.17, 15) is 4.39 Å². The van der Waals surface area contributed by atoms with Crippen molar-refractivity contribution >= 4 is 39.3 Å². The zero-order chi connectivity index (χ0) is 15.2. The lowest BCUT2D eigenvalue weighted by atomic mass is 10.2. The molecule has 1 aromatic carbocycles. The number of aromatic nitrogens is 2. The molecule has 0 fully saturated rings. The van der Waals surface area contributed by atoms with Gasteiger partial charge in [-0.2, -0.15) is 4.98 Å². The van der Waals surface area contributed by atoms with E-state index in [4.69, 9.17) is 11.6 Å². The normalized spacial score (nSPS) is 10.5. The van der Waals surface area contributed by atoms with Gasteiger partial charge in [-0.1, -0.05) is 24.6 Å². The van der Waals surface area contributed by atoms with Crippen molar-refractivity contribution in [3.05, 3.63) is 45.3 Å². The number of rotatable bonds is 6. The zero-order valence-corrected chi connectivity index (χ0v) is 13.8. The number of hydrogen-bond acceptors (Lipinski definition) is 4. The number of nitrogens with zero attached hydrogens (tertiary/aromatic N) is 2. The van der Waals surface area contributed by atoms with Gasteiger partial charge in [0.2, 0.25) is 5.95 Å². The second kappa shape index (κ2) is 7.56. The Labute approximate surface area is 136 Å². The van der Waals surface area contributed by atoms with Crippen molar-refractivity contribution < 1.29 is 4.39 Å². The van der Waals surface area contributed by atoms with Crippen LogP contribution in [0.5, 0.6) is 0 Å². The molecule has 0 saturated carbocycles. The molecule has 0 unspecified atom stereocenters. The van der Waals surface area contributed by atoms with Crippen molar-refractivity contribution in [2.75, 3.05) is 17.2 Å². The SMILES string of the molecule is CCCNc1ncc(Br)c(NCc2ccc(F)c(Cl)c2)n1. The Balaban J connectivity index is 2.06. The fraction of sp³-hybridized carbons (Fsp3) is 0.286. The standard InChI is InChI=1S/C14H15BrClFN4/c1-2-5-18-14-20-8-10(15)13(21-14)19-7-9-3-4-12(17)11(16)6-9/h3-4,6,8H,2,5,7H2,1H3,(H2,18,19,20,21). The van der Waals surface area contributed by atoms with Crippen molar-refractivity contribution in [2.45, 2.75) is 19.9 Å². The highest BCUT2D eigenvalue weighted by atomic mass is 79.9. The average molecular weight is 374 g/mol. The highest BCUT2D eigenvalue weighted by Gasteiger charge is 2.06. The minimum absolute atomic E-state index is 0.112. The van der Waals surface area contributed by atoms with Crippen molar-refractivity contribution in [3.8, 4) is 0 Å². The number of halogens is 3. The molecule has 1 aromatic heterocycles. The van der Waals surface area contributed by atoms with Crippen LogP contribution in [-0.4, -0.2) is 16.5 Å². The molecular weight excluding hydrogens is 359 g/mol. The van der Waals surface area contributed by atoms with E-state index in [1.54, 1.807) is 18.3 Å². The van der Waals surface area contributed by atoms with Gasteiger partial charge in [0, 0.05) is 19.3 Å². The molecule has 1 heterocycles. The van der Waals surface area contributed by atoms with Gasteiger partial charge in [0.1, 0.15) is 11.6 Å². The number of benzene rings is 1. The highest BCUT2D eigenvalue weighted by molar-refractivity contribution is 9.10. The van der Waals surface area contributed by atoms with Gasteiger partial charge < -0.3 is 10.6 Å². The maximum absolute atomic E-state index is 13.1. The molecule has 0 atom stereocenters. The Bertz CT molecular complexity index is 624. The molecule has 0 aliphatic carbocycles. The Morgan fingerprint density at radius 3 is 2.86 bits per heavy atom. The van der Waals surface area contributed by atoms with E-state index in [0.717, 1.165) is 23.0 Å². The summed E-state index contributed by atoms with van der Waals surface area (Å²) in [4.78, 5) is 8.55. The fourth-order valence-electron chi connectivity index (χ4n) is 1.65. The predicted molar refractivity (Wildman–Crippen MR) is 87.2 cm³/mol. The van der Waals surface area contributed by atoms with Crippen molar-refractivity contribution in [1.29, 1.82) is 0 Å². The molecule has 0 saturated heterocycles. The minimum atomic E-state index is -0.422. The maximum Gasteiger partial charge on any atom is 0.224 e. The molecule has 0 aliphatic heterocycles. The first-order valence-corrected chi connectivity index (χ1v) is 7.71. The fourth-order valence-corrected chi connectivity index (χ4v) is 2.18. The lowest BCUT2D eigenvalue weighted by Crippen LogP contribution is -2.08. The molecule has 0 bridgehead atoms. The molecule has 4 nitrogen and oxygen atoms in total. The summed E-state index contributed by atoms with van der Waals surface area (Å²) in [6.45, 7) is 3.38. The first-order valence-electron chi connectivity index (χ1n) is 6.54. The van der Waals surface area contributed by atoms with Crippen LogP contribution in [0.2, 0.25) is 5.02 Å². The summed E-state index contributed by atoms with van der Waals surface area (Å²) >= 11 is 9.16. The second-order valence-electron chi connectivity index (χ2n) is 4.42. The summed E-state index contributed by atoms with van der Waals surface area (Å²) in [7, 11) is 0. The molecule has 2 rings (SSSR count). The van der Waals surface area contributed by atoms with Crippen LogP contribution in [-0.2, 0) is 6.54 Å². The Morgan fingerprint density at radius 2 is 2.14 bits per heavy atom. The van der Waals surface area contributed by atoms with Crippen LogP contribution in [0.25, 0.3) is 0 Å². The van der Waals surface area contributed by atoms with E-state index in [-0.39, 0.29) is 5.02 Å². The van der Waals surface area contributed by atoms with Gasteiger partial charge in [-0.25, -0.2) is 9.37 Å². The Hall–Kier alpha value is -1.40. The third kappa shape index (κ3) is 4.54. The average Bonchev–Trinajstić information content (AvgIpc) is 2.48. The van der Waals surface area contributed by atoms with Gasteiger partial charge in [-0.3, -0.25) is 0 Å². The number of nitrogens with one attached hydrogen (secondary N) is 2. The van der Waals surface area contributed by atoms with E-state index >= 15 is 0 Å². The summed E-state index contributed by atoms with van der Waals surface area (Å²) < 4.78 is 13.9. The summed E-state index contributed by atoms with van der Waals surface area (Å²) in [6.07, 6.45) is 2.68. The van der Waals surface area contributed by atoms with Crippen molar-refractivity contribution in [1.82, 2.24) is 9.97 Å². The Morgan fingerprint density at radius 1 is 1.33 bits per heavy atom. The van der Waals surface area contributed by atoms with E-state index in [0.29, 0.717) is 18.3 Å². The smallest absolute Gasteiger partial charge is 0.224 e. The number of anilines is 2. The van der Waals surface area contributed by atoms with Gasteiger partial charge in [0.05, 0.1) is 9.50 Å². The monoisotopic (exact) mass is 372 g/mol. The quantitative estimate of drug-likeness (QED) is 0.784. The third-order valence-corrected chi connectivity index (χ3v) is 3.59. The maximum atomic E-state index is 13.1. The van der Waals surface area contributed by atoms with Crippen LogP contribution in [0.1, 0.15) is 18.9 Å². The van der Waals surface area contributed by atoms with Crippen LogP contribution in [0, 0.1) is 5.82 Å². The van der Waals surface area contributed by atoms with Gasteiger partial charge in [-0.05, 0) is 40.0 Å². The third-order valence-electron chi connectivity index (χ3n) is 2.72. The van der Waals surface area contributed by atoms with Crippen LogP contribution in [0.3, 0.4) is 0 Å². The van der Waals surface area contributed by atoms with Gasteiger partial charge >= 0.3 is 0 Å². The topological polar surface area (TPSA) is 49.8 Å². The van der Waals surface area contributed by atoms with Crippen molar-refractivity contribution in [3.63, 3.8) is 0 Å². The first-order chi connectivity index (χ1) is 10.1. The second-order valence-corrected chi connectivity index (χ2v) is 5.68. The summed E-state index contributed by atoms with van der Waals surface area (Å²) in [5.41, 5.74) is 0.870. The molecular formula is C14H15BrClFN4. The predicted octanol–water partition coefficient (Wildman–Crippen LogP) is 4.47. The van der Waals surface area contributed by atoms with Gasteiger partial charge in [0.15, 0.2) is 0 Å². The molecule has 0 aliphatic rings.